The van der Waals surface area contributed by atoms with E-state index < -0.39 is 12.1 Å². The number of halogens is 1. The zero-order valence-electron chi connectivity index (χ0n) is 14.1. The topological polar surface area (TPSA) is 84.2 Å². The summed E-state index contributed by atoms with van der Waals surface area (Å²) < 4.78 is 0. The molecule has 0 spiro atoms. The maximum Gasteiger partial charge on any atom is 0.312 e. The summed E-state index contributed by atoms with van der Waals surface area (Å²) in [7, 11) is 0. The SMILES string of the molecule is NC(=O)N[C@H](CC(=O)N[C@@H]1CCSc2ccccc21)c1ccc(Cl)cc1. The fraction of sp³-hybridized carbons (Fsp3) is 0.263. The summed E-state index contributed by atoms with van der Waals surface area (Å²) >= 11 is 7.71. The zero-order chi connectivity index (χ0) is 18.5. The number of primary amides is 1. The van der Waals surface area contributed by atoms with Gasteiger partial charge in [-0.15, -0.1) is 11.8 Å². The largest absolute Gasteiger partial charge is 0.352 e. The summed E-state index contributed by atoms with van der Waals surface area (Å²) in [6.45, 7) is 0. The predicted octanol–water partition coefficient (Wildman–Crippen LogP) is 3.79. The second kappa shape index (κ2) is 8.47. The average Bonchev–Trinajstić information content (AvgIpc) is 2.62. The third-order valence-corrected chi connectivity index (χ3v) is 5.65. The first kappa shape index (κ1) is 18.6. The van der Waals surface area contributed by atoms with Crippen molar-refractivity contribution in [3.05, 3.63) is 64.7 Å². The number of thioether (sulfide) groups is 1. The number of hydrogen-bond donors (Lipinski definition) is 3. The standard InChI is InChI=1S/C19H20ClN3O2S/c20-13-7-5-12(6-8-13)16(23-19(21)25)11-18(24)22-15-9-10-26-17-4-2-1-3-14(15)17/h1-8,15-16H,9-11H2,(H,22,24)(H3,21,23,25)/t15-,16-/m1/s1. The van der Waals surface area contributed by atoms with E-state index >= 15 is 0 Å². The Bertz CT molecular complexity index is 798. The quantitative estimate of drug-likeness (QED) is 0.727. The minimum atomic E-state index is -0.669. The Morgan fingerprint density at radius 1 is 1.19 bits per heavy atom. The Hall–Kier alpha value is -2.18. The van der Waals surface area contributed by atoms with Crippen molar-refractivity contribution in [1.82, 2.24) is 10.6 Å². The number of carbonyl (C=O) groups excluding carboxylic acids is 2. The lowest BCUT2D eigenvalue weighted by Gasteiger charge is -2.27. The van der Waals surface area contributed by atoms with Crippen LogP contribution in [-0.4, -0.2) is 17.7 Å². The molecule has 0 fully saturated rings. The summed E-state index contributed by atoms with van der Waals surface area (Å²) in [5, 5.41) is 6.31. The van der Waals surface area contributed by atoms with Crippen LogP contribution >= 0.6 is 23.4 Å². The normalized spacial score (nSPS) is 17.0. The minimum Gasteiger partial charge on any atom is -0.352 e. The first-order valence-electron chi connectivity index (χ1n) is 8.35. The number of carbonyl (C=O) groups is 2. The van der Waals surface area contributed by atoms with Gasteiger partial charge in [-0.1, -0.05) is 41.9 Å². The van der Waals surface area contributed by atoms with Gasteiger partial charge in [0.2, 0.25) is 5.91 Å². The maximum absolute atomic E-state index is 12.6. The molecule has 7 heteroatoms. The minimum absolute atomic E-state index is 0.0144. The number of benzene rings is 2. The third kappa shape index (κ3) is 4.71. The van der Waals surface area contributed by atoms with Crippen LogP contribution in [0.1, 0.15) is 36.1 Å². The molecular formula is C19H20ClN3O2S. The van der Waals surface area contributed by atoms with Crippen molar-refractivity contribution < 1.29 is 9.59 Å². The Morgan fingerprint density at radius 2 is 1.92 bits per heavy atom. The molecule has 0 saturated heterocycles. The van der Waals surface area contributed by atoms with Crippen molar-refractivity contribution in [2.75, 3.05) is 5.75 Å². The van der Waals surface area contributed by atoms with Crippen molar-refractivity contribution in [3.63, 3.8) is 0 Å². The van der Waals surface area contributed by atoms with Crippen molar-refractivity contribution >= 4 is 35.3 Å². The highest BCUT2D eigenvalue weighted by Crippen LogP contribution is 2.36. The molecule has 2 aromatic carbocycles. The van der Waals surface area contributed by atoms with E-state index in [0.717, 1.165) is 23.3 Å². The number of rotatable bonds is 5. The van der Waals surface area contributed by atoms with Gasteiger partial charge in [0.25, 0.3) is 0 Å². The van der Waals surface area contributed by atoms with Crippen molar-refractivity contribution in [3.8, 4) is 0 Å². The smallest absolute Gasteiger partial charge is 0.312 e. The van der Waals surface area contributed by atoms with Crippen LogP contribution < -0.4 is 16.4 Å². The number of nitrogens with two attached hydrogens (primary N) is 1. The summed E-state index contributed by atoms with van der Waals surface area (Å²) in [5.41, 5.74) is 7.20. The summed E-state index contributed by atoms with van der Waals surface area (Å²) in [6, 6.07) is 13.9. The molecular weight excluding hydrogens is 370 g/mol. The summed E-state index contributed by atoms with van der Waals surface area (Å²) in [6.07, 6.45) is 0.985. The van der Waals surface area contributed by atoms with E-state index in [1.54, 1.807) is 36.0 Å². The lowest BCUT2D eigenvalue weighted by atomic mass is 10.0. The van der Waals surface area contributed by atoms with Crippen molar-refractivity contribution in [1.29, 1.82) is 0 Å². The molecule has 0 aliphatic carbocycles. The number of hydrogen-bond acceptors (Lipinski definition) is 3. The molecule has 2 atom stereocenters. The second-order valence-electron chi connectivity index (χ2n) is 6.11. The number of amides is 3. The molecule has 5 nitrogen and oxygen atoms in total. The van der Waals surface area contributed by atoms with Crippen molar-refractivity contribution in [2.24, 2.45) is 5.73 Å². The van der Waals surface area contributed by atoms with Crippen LogP contribution in [0.25, 0.3) is 0 Å². The van der Waals surface area contributed by atoms with E-state index in [1.807, 2.05) is 18.2 Å². The number of fused-ring (bicyclic) bond motifs is 1. The fourth-order valence-electron chi connectivity index (χ4n) is 3.05. The van der Waals surface area contributed by atoms with Gasteiger partial charge < -0.3 is 16.4 Å². The van der Waals surface area contributed by atoms with E-state index in [9.17, 15) is 9.59 Å². The van der Waals surface area contributed by atoms with E-state index in [1.165, 1.54) is 4.90 Å². The van der Waals surface area contributed by atoms with Crippen LogP contribution in [-0.2, 0) is 4.79 Å². The molecule has 1 aliphatic rings. The Labute approximate surface area is 161 Å². The highest BCUT2D eigenvalue weighted by atomic mass is 35.5. The highest BCUT2D eigenvalue weighted by Gasteiger charge is 2.24. The molecule has 0 bridgehead atoms. The highest BCUT2D eigenvalue weighted by molar-refractivity contribution is 7.99. The van der Waals surface area contributed by atoms with E-state index in [4.69, 9.17) is 17.3 Å². The van der Waals surface area contributed by atoms with Crippen LogP contribution in [0, 0.1) is 0 Å². The van der Waals surface area contributed by atoms with Gasteiger partial charge in [0.1, 0.15) is 0 Å². The van der Waals surface area contributed by atoms with Crippen LogP contribution in [0.2, 0.25) is 5.02 Å². The molecule has 0 saturated carbocycles. The fourth-order valence-corrected chi connectivity index (χ4v) is 4.30. The lowest BCUT2D eigenvalue weighted by molar-refractivity contribution is -0.122. The molecule has 0 radical (unpaired) electrons. The molecule has 0 unspecified atom stereocenters. The predicted molar refractivity (Wildman–Crippen MR) is 104 cm³/mol. The van der Waals surface area contributed by atoms with E-state index in [-0.39, 0.29) is 18.4 Å². The molecule has 1 heterocycles. The Kier molecular flexibility index (Phi) is 6.06. The third-order valence-electron chi connectivity index (χ3n) is 4.27. The summed E-state index contributed by atoms with van der Waals surface area (Å²) in [4.78, 5) is 25.2. The van der Waals surface area contributed by atoms with Gasteiger partial charge >= 0.3 is 6.03 Å². The Balaban J connectivity index is 1.70. The zero-order valence-corrected chi connectivity index (χ0v) is 15.6. The van der Waals surface area contributed by atoms with Crippen molar-refractivity contribution in [2.45, 2.75) is 29.8 Å². The van der Waals surface area contributed by atoms with Gasteiger partial charge in [-0.2, -0.15) is 0 Å². The van der Waals surface area contributed by atoms with Gasteiger partial charge in [-0.25, -0.2) is 4.79 Å². The molecule has 3 amide bonds. The first-order chi connectivity index (χ1) is 12.5. The van der Waals surface area contributed by atoms with Gasteiger partial charge in [0.15, 0.2) is 0 Å². The molecule has 2 aromatic rings. The van der Waals surface area contributed by atoms with E-state index in [2.05, 4.69) is 16.7 Å². The van der Waals surface area contributed by atoms with Gasteiger partial charge in [-0.05, 0) is 35.7 Å². The monoisotopic (exact) mass is 389 g/mol. The first-order valence-corrected chi connectivity index (χ1v) is 9.72. The van der Waals surface area contributed by atoms with Crippen LogP contribution in [0.4, 0.5) is 4.79 Å². The van der Waals surface area contributed by atoms with Gasteiger partial charge in [0.05, 0.1) is 18.5 Å². The molecule has 4 N–H and O–H groups in total. The van der Waals surface area contributed by atoms with Crippen LogP contribution in [0.3, 0.4) is 0 Å². The van der Waals surface area contributed by atoms with E-state index in [0.29, 0.717) is 5.02 Å². The molecule has 136 valence electrons. The van der Waals surface area contributed by atoms with Crippen LogP contribution in [0.5, 0.6) is 0 Å². The van der Waals surface area contributed by atoms with Gasteiger partial charge in [-0.3, -0.25) is 4.79 Å². The molecule has 3 rings (SSSR count). The number of nitrogens with one attached hydrogen (secondary N) is 2. The lowest BCUT2D eigenvalue weighted by Crippen LogP contribution is -2.38. The Morgan fingerprint density at radius 3 is 2.65 bits per heavy atom. The maximum atomic E-state index is 12.6. The molecule has 1 aliphatic heterocycles. The molecule has 0 aromatic heterocycles. The van der Waals surface area contributed by atoms with Gasteiger partial charge in [0, 0.05) is 15.7 Å². The average molecular weight is 390 g/mol. The van der Waals surface area contributed by atoms with Crippen LogP contribution in [0.15, 0.2) is 53.4 Å². The molecule has 26 heavy (non-hydrogen) atoms. The summed E-state index contributed by atoms with van der Waals surface area (Å²) in [5.74, 6) is 0.827. The number of urea groups is 1. The second-order valence-corrected chi connectivity index (χ2v) is 7.69.